The molecule has 1 aromatic rings. The third-order valence-corrected chi connectivity index (χ3v) is 3.27. The smallest absolute Gasteiger partial charge is 0.239 e. The van der Waals surface area contributed by atoms with Crippen molar-refractivity contribution >= 4 is 17.5 Å². The molecule has 1 rings (SSSR count). The van der Waals surface area contributed by atoms with Crippen LogP contribution in [-0.4, -0.2) is 37.0 Å². The van der Waals surface area contributed by atoms with Crippen molar-refractivity contribution < 1.29 is 9.53 Å². The van der Waals surface area contributed by atoms with Crippen LogP contribution >= 0.6 is 11.6 Å². The highest BCUT2D eigenvalue weighted by Gasteiger charge is 2.16. The highest BCUT2D eigenvalue weighted by atomic mass is 35.5. The zero-order valence-electron chi connectivity index (χ0n) is 12.1. The molecule has 0 radical (unpaired) electrons. The second-order valence-corrected chi connectivity index (χ2v) is 5.25. The zero-order chi connectivity index (χ0) is 15.0. The number of likely N-dealkylation sites (N-methyl/N-ethyl adjacent to an activating group) is 1. The summed E-state index contributed by atoms with van der Waals surface area (Å²) in [5.41, 5.74) is 5.80. The highest BCUT2D eigenvalue weighted by Crippen LogP contribution is 2.15. The topological polar surface area (TPSA) is 55.6 Å². The predicted molar refractivity (Wildman–Crippen MR) is 82.1 cm³/mol. The molecule has 4 nitrogen and oxygen atoms in total. The van der Waals surface area contributed by atoms with Gasteiger partial charge in [-0.3, -0.25) is 4.79 Å². The van der Waals surface area contributed by atoms with E-state index >= 15 is 0 Å². The summed E-state index contributed by atoms with van der Waals surface area (Å²) in [6.07, 6.45) is 2.41. The number of benzene rings is 1. The molecule has 2 N–H and O–H groups in total. The molecule has 1 atom stereocenters. The van der Waals surface area contributed by atoms with Crippen molar-refractivity contribution in [3.63, 3.8) is 0 Å². The van der Waals surface area contributed by atoms with Gasteiger partial charge in [-0.1, -0.05) is 24.9 Å². The number of nitrogens with two attached hydrogens (primary N) is 1. The van der Waals surface area contributed by atoms with E-state index in [4.69, 9.17) is 22.1 Å². The Balaban J connectivity index is 2.23. The summed E-state index contributed by atoms with van der Waals surface area (Å²) in [5, 5.41) is 0.688. The van der Waals surface area contributed by atoms with Crippen LogP contribution in [0.3, 0.4) is 0 Å². The van der Waals surface area contributed by atoms with Crippen LogP contribution in [0.15, 0.2) is 24.3 Å². The van der Waals surface area contributed by atoms with Crippen LogP contribution in [0, 0.1) is 0 Å². The van der Waals surface area contributed by atoms with Gasteiger partial charge in [-0.2, -0.15) is 0 Å². The summed E-state index contributed by atoms with van der Waals surface area (Å²) in [6, 6.07) is 6.84. The molecule has 0 aliphatic carbocycles. The van der Waals surface area contributed by atoms with Crippen LogP contribution in [0.5, 0.6) is 5.75 Å². The molecule has 0 saturated carbocycles. The summed E-state index contributed by atoms with van der Waals surface area (Å²) in [5.74, 6) is 0.782. The first-order valence-corrected chi connectivity index (χ1v) is 7.31. The van der Waals surface area contributed by atoms with E-state index in [1.165, 1.54) is 0 Å². The van der Waals surface area contributed by atoms with Gasteiger partial charge in [0.1, 0.15) is 5.75 Å². The van der Waals surface area contributed by atoms with Gasteiger partial charge in [0, 0.05) is 18.6 Å². The molecule has 0 heterocycles. The van der Waals surface area contributed by atoms with Gasteiger partial charge in [0.05, 0.1) is 12.6 Å². The fourth-order valence-corrected chi connectivity index (χ4v) is 1.98. The highest BCUT2D eigenvalue weighted by molar-refractivity contribution is 6.30. The van der Waals surface area contributed by atoms with Gasteiger partial charge in [-0.25, -0.2) is 0 Å². The Hall–Kier alpha value is -1.26. The lowest BCUT2D eigenvalue weighted by molar-refractivity contribution is -0.131. The van der Waals surface area contributed by atoms with Crippen molar-refractivity contribution in [3.8, 4) is 5.75 Å². The summed E-state index contributed by atoms with van der Waals surface area (Å²) >= 11 is 5.79. The number of nitrogens with zero attached hydrogens (tertiary/aromatic N) is 1. The van der Waals surface area contributed by atoms with E-state index < -0.39 is 0 Å². The lowest BCUT2D eigenvalue weighted by Crippen LogP contribution is -2.42. The second-order valence-electron chi connectivity index (χ2n) is 4.81. The maximum atomic E-state index is 11.9. The zero-order valence-corrected chi connectivity index (χ0v) is 12.9. The van der Waals surface area contributed by atoms with Gasteiger partial charge < -0.3 is 15.4 Å². The Bertz CT molecular complexity index is 409. The SMILES string of the molecule is CCCC(N)C(=O)N(C)CCCOc1ccc(Cl)cc1. The van der Waals surface area contributed by atoms with Gasteiger partial charge in [-0.15, -0.1) is 0 Å². The number of amides is 1. The molecule has 0 saturated heterocycles. The van der Waals surface area contributed by atoms with E-state index in [9.17, 15) is 4.79 Å². The van der Waals surface area contributed by atoms with Gasteiger partial charge in [0.15, 0.2) is 0 Å². The fraction of sp³-hybridized carbons (Fsp3) is 0.533. The molecular formula is C15H23ClN2O2. The molecule has 112 valence electrons. The summed E-state index contributed by atoms with van der Waals surface area (Å²) in [4.78, 5) is 13.6. The number of hydrogen-bond donors (Lipinski definition) is 1. The molecule has 1 amide bonds. The van der Waals surface area contributed by atoms with Crippen LogP contribution in [0.4, 0.5) is 0 Å². The Labute approximate surface area is 125 Å². The third-order valence-electron chi connectivity index (χ3n) is 3.01. The van der Waals surface area contributed by atoms with Crippen molar-refractivity contribution in [1.82, 2.24) is 4.90 Å². The van der Waals surface area contributed by atoms with Crippen molar-refractivity contribution in [3.05, 3.63) is 29.3 Å². The van der Waals surface area contributed by atoms with Crippen molar-refractivity contribution in [2.45, 2.75) is 32.2 Å². The Morgan fingerprint density at radius 1 is 1.40 bits per heavy atom. The maximum Gasteiger partial charge on any atom is 0.239 e. The number of rotatable bonds is 8. The summed E-state index contributed by atoms with van der Waals surface area (Å²) in [6.45, 7) is 3.22. The average molecular weight is 299 g/mol. The molecule has 0 aliphatic rings. The number of hydrogen-bond acceptors (Lipinski definition) is 3. The lowest BCUT2D eigenvalue weighted by Gasteiger charge is -2.21. The van der Waals surface area contributed by atoms with E-state index in [0.717, 1.165) is 25.0 Å². The number of ether oxygens (including phenoxy) is 1. The minimum absolute atomic E-state index is 0.00153. The lowest BCUT2D eigenvalue weighted by atomic mass is 10.1. The second kappa shape index (κ2) is 8.82. The normalized spacial score (nSPS) is 12.0. The first-order valence-electron chi connectivity index (χ1n) is 6.93. The van der Waals surface area contributed by atoms with Crippen molar-refractivity contribution in [1.29, 1.82) is 0 Å². The predicted octanol–water partition coefficient (Wildman–Crippen LogP) is 2.69. The fourth-order valence-electron chi connectivity index (χ4n) is 1.85. The number of carbonyl (C=O) groups excluding carboxylic acids is 1. The van der Waals surface area contributed by atoms with Gasteiger partial charge in [0.2, 0.25) is 5.91 Å². The largest absolute Gasteiger partial charge is 0.494 e. The van der Waals surface area contributed by atoms with Crippen LogP contribution in [-0.2, 0) is 4.79 Å². The molecule has 1 unspecified atom stereocenters. The molecule has 0 bridgehead atoms. The molecule has 1 aromatic carbocycles. The van der Waals surface area contributed by atoms with E-state index in [2.05, 4.69) is 0 Å². The van der Waals surface area contributed by atoms with Crippen LogP contribution in [0.2, 0.25) is 5.02 Å². The minimum Gasteiger partial charge on any atom is -0.494 e. The van der Waals surface area contributed by atoms with Gasteiger partial charge in [0.25, 0.3) is 0 Å². The molecule has 0 fully saturated rings. The van der Waals surface area contributed by atoms with Crippen molar-refractivity contribution in [2.24, 2.45) is 5.73 Å². The van der Waals surface area contributed by atoms with Gasteiger partial charge >= 0.3 is 0 Å². The summed E-state index contributed by atoms with van der Waals surface area (Å²) < 4.78 is 5.57. The van der Waals surface area contributed by atoms with Crippen molar-refractivity contribution in [2.75, 3.05) is 20.2 Å². The van der Waals surface area contributed by atoms with Crippen LogP contribution in [0.25, 0.3) is 0 Å². The molecule has 5 heteroatoms. The number of halogens is 1. The minimum atomic E-state index is -0.387. The third kappa shape index (κ3) is 5.80. The van der Waals surface area contributed by atoms with E-state index in [1.807, 2.05) is 19.1 Å². The molecule has 20 heavy (non-hydrogen) atoms. The van der Waals surface area contributed by atoms with Crippen LogP contribution < -0.4 is 10.5 Å². The quantitative estimate of drug-likeness (QED) is 0.751. The molecule has 0 aromatic heterocycles. The first kappa shape index (κ1) is 16.8. The van der Waals surface area contributed by atoms with E-state index in [0.29, 0.717) is 18.2 Å². The molecular weight excluding hydrogens is 276 g/mol. The molecule has 0 aliphatic heterocycles. The molecule has 0 spiro atoms. The Morgan fingerprint density at radius 2 is 2.05 bits per heavy atom. The maximum absolute atomic E-state index is 11.9. The number of carbonyl (C=O) groups is 1. The van der Waals surface area contributed by atoms with E-state index in [-0.39, 0.29) is 11.9 Å². The van der Waals surface area contributed by atoms with Crippen LogP contribution in [0.1, 0.15) is 26.2 Å². The average Bonchev–Trinajstić information content (AvgIpc) is 2.44. The van der Waals surface area contributed by atoms with E-state index in [1.54, 1.807) is 24.1 Å². The Morgan fingerprint density at radius 3 is 2.65 bits per heavy atom. The standard InChI is InChI=1S/C15H23ClN2O2/c1-3-5-14(17)15(19)18(2)10-4-11-20-13-8-6-12(16)7-9-13/h6-9,14H,3-5,10-11,17H2,1-2H3. The Kier molecular flexibility index (Phi) is 7.41. The van der Waals surface area contributed by atoms with Gasteiger partial charge in [-0.05, 0) is 37.1 Å². The first-order chi connectivity index (χ1) is 9.54. The monoisotopic (exact) mass is 298 g/mol. The summed E-state index contributed by atoms with van der Waals surface area (Å²) in [7, 11) is 1.78.